The van der Waals surface area contributed by atoms with Crippen LogP contribution in [0.25, 0.3) is 11.1 Å². The normalized spacial score (nSPS) is 17.9. The number of nitrogens with zero attached hydrogens (tertiary/aromatic N) is 4. The minimum absolute atomic E-state index is 0.627. The van der Waals surface area contributed by atoms with E-state index in [1.165, 1.54) is 23.5 Å². The van der Waals surface area contributed by atoms with Gasteiger partial charge in [0.2, 0.25) is 12.4 Å². The number of rotatable bonds is 4. The second kappa shape index (κ2) is 8.50. The lowest BCUT2D eigenvalue weighted by atomic mass is 10.0. The van der Waals surface area contributed by atoms with Gasteiger partial charge in [-0.15, -0.1) is 0 Å². The average Bonchev–Trinajstić information content (AvgIpc) is 3.29. The monoisotopic (exact) mass is 430 g/mol. The van der Waals surface area contributed by atoms with Crippen LogP contribution in [-0.4, -0.2) is 24.3 Å². The van der Waals surface area contributed by atoms with Crippen molar-refractivity contribution in [2.45, 2.75) is 0 Å². The van der Waals surface area contributed by atoms with Crippen molar-refractivity contribution in [1.29, 1.82) is 10.5 Å². The highest BCUT2D eigenvalue weighted by Crippen LogP contribution is 2.57. The third-order valence-electron chi connectivity index (χ3n) is 4.55. The maximum atomic E-state index is 9.22. The fourth-order valence-electron chi connectivity index (χ4n) is 3.18. The van der Waals surface area contributed by atoms with Crippen molar-refractivity contribution in [1.82, 2.24) is 0 Å². The standard InChI is InChI=1S/C22H14N4O2S2/c1-27-15-7-3-13(4-8-15)17-19-20(30-21(17)25-11-23)18(22(29-19)26-12-24)14-5-9-16(28-2)10-6-14/h3-10H,1-2H3/b25-21+,26-22+. The first-order valence-corrected chi connectivity index (χ1v) is 10.4. The summed E-state index contributed by atoms with van der Waals surface area (Å²) in [7, 11) is 3.23. The molecule has 6 nitrogen and oxygen atoms in total. The Labute approximate surface area is 182 Å². The van der Waals surface area contributed by atoms with Gasteiger partial charge >= 0.3 is 0 Å². The molecule has 0 N–H and O–H groups in total. The molecule has 2 aromatic carbocycles. The molecular formula is C22H14N4O2S2. The number of nitriles is 2. The zero-order valence-electron chi connectivity index (χ0n) is 16.0. The Morgan fingerprint density at radius 3 is 1.33 bits per heavy atom. The minimum atomic E-state index is 0.627. The van der Waals surface area contributed by atoms with Crippen molar-refractivity contribution in [2.75, 3.05) is 14.2 Å². The number of thioether (sulfide) groups is 2. The van der Waals surface area contributed by atoms with E-state index in [9.17, 15) is 10.5 Å². The summed E-state index contributed by atoms with van der Waals surface area (Å²) < 4.78 is 10.5. The zero-order valence-corrected chi connectivity index (χ0v) is 17.7. The van der Waals surface area contributed by atoms with E-state index < -0.39 is 0 Å². The van der Waals surface area contributed by atoms with Gasteiger partial charge in [-0.25, -0.2) is 0 Å². The Kier molecular flexibility index (Phi) is 5.62. The van der Waals surface area contributed by atoms with Gasteiger partial charge < -0.3 is 9.47 Å². The molecule has 0 aliphatic carbocycles. The van der Waals surface area contributed by atoms with Gasteiger partial charge in [-0.2, -0.15) is 20.5 Å². The minimum Gasteiger partial charge on any atom is -0.497 e. The van der Waals surface area contributed by atoms with Gasteiger partial charge in [-0.05, 0) is 35.4 Å². The molecular weight excluding hydrogens is 416 g/mol. The molecule has 2 heterocycles. The van der Waals surface area contributed by atoms with Crippen LogP contribution in [0.5, 0.6) is 11.5 Å². The van der Waals surface area contributed by atoms with Gasteiger partial charge in [-0.1, -0.05) is 47.8 Å². The van der Waals surface area contributed by atoms with Gasteiger partial charge in [0.15, 0.2) is 0 Å². The first-order valence-electron chi connectivity index (χ1n) is 8.78. The number of methoxy groups -OCH3 is 2. The molecule has 146 valence electrons. The molecule has 0 unspecified atom stereocenters. The Bertz CT molecular complexity index is 1110. The topological polar surface area (TPSA) is 90.8 Å². The van der Waals surface area contributed by atoms with E-state index in [2.05, 4.69) is 9.98 Å². The predicted octanol–water partition coefficient (Wildman–Crippen LogP) is 5.08. The molecule has 0 saturated heterocycles. The van der Waals surface area contributed by atoms with Crippen LogP contribution in [0.15, 0.2) is 68.3 Å². The fourth-order valence-corrected chi connectivity index (χ4v) is 5.79. The quantitative estimate of drug-likeness (QED) is 0.628. The average molecular weight is 431 g/mol. The van der Waals surface area contributed by atoms with Crippen molar-refractivity contribution in [3.8, 4) is 23.9 Å². The van der Waals surface area contributed by atoms with Crippen molar-refractivity contribution in [3.05, 3.63) is 69.5 Å². The highest BCUT2D eigenvalue weighted by Gasteiger charge is 2.38. The number of aliphatic imine (C=N–C) groups is 2. The molecule has 0 saturated carbocycles. The van der Waals surface area contributed by atoms with Crippen LogP contribution in [0.2, 0.25) is 0 Å². The van der Waals surface area contributed by atoms with Crippen LogP contribution in [0.3, 0.4) is 0 Å². The van der Waals surface area contributed by atoms with Gasteiger partial charge in [-0.3, -0.25) is 0 Å². The van der Waals surface area contributed by atoms with Crippen LogP contribution >= 0.6 is 23.5 Å². The summed E-state index contributed by atoms with van der Waals surface area (Å²) in [5.41, 5.74) is 3.56. The first-order chi connectivity index (χ1) is 14.7. The summed E-state index contributed by atoms with van der Waals surface area (Å²) in [6.45, 7) is 0. The van der Waals surface area contributed by atoms with Crippen LogP contribution in [0, 0.1) is 22.9 Å². The number of benzene rings is 2. The highest BCUT2D eigenvalue weighted by atomic mass is 32.2. The molecule has 0 spiro atoms. The van der Waals surface area contributed by atoms with Crippen LogP contribution in [-0.2, 0) is 0 Å². The summed E-state index contributed by atoms with van der Waals surface area (Å²) in [5.74, 6) is 1.49. The molecule has 0 fully saturated rings. The molecule has 2 aliphatic heterocycles. The highest BCUT2D eigenvalue weighted by molar-refractivity contribution is 8.26. The third kappa shape index (κ3) is 3.48. The second-order valence-electron chi connectivity index (χ2n) is 6.10. The largest absolute Gasteiger partial charge is 0.497 e. The molecule has 4 rings (SSSR count). The molecule has 30 heavy (non-hydrogen) atoms. The molecule has 0 atom stereocenters. The number of hydrogen-bond acceptors (Lipinski definition) is 8. The summed E-state index contributed by atoms with van der Waals surface area (Å²) in [6.07, 6.45) is 3.81. The van der Waals surface area contributed by atoms with Gasteiger partial charge in [0, 0.05) is 21.0 Å². The third-order valence-corrected chi connectivity index (χ3v) is 6.88. The van der Waals surface area contributed by atoms with Crippen molar-refractivity contribution in [3.63, 3.8) is 0 Å². The Balaban J connectivity index is 1.92. The van der Waals surface area contributed by atoms with Gasteiger partial charge in [0.05, 0.1) is 14.2 Å². The second-order valence-corrected chi connectivity index (χ2v) is 8.10. The Morgan fingerprint density at radius 2 is 1.03 bits per heavy atom. The maximum Gasteiger partial charge on any atom is 0.206 e. The van der Waals surface area contributed by atoms with E-state index in [0.717, 1.165) is 43.6 Å². The smallest absolute Gasteiger partial charge is 0.206 e. The molecule has 0 aromatic heterocycles. The van der Waals surface area contributed by atoms with E-state index in [-0.39, 0.29) is 0 Å². The van der Waals surface area contributed by atoms with E-state index in [1.54, 1.807) is 14.2 Å². The molecule has 0 bridgehead atoms. The number of hydrogen-bond donors (Lipinski definition) is 0. The summed E-state index contributed by atoms with van der Waals surface area (Å²) in [4.78, 5) is 10.0. The molecule has 0 amide bonds. The van der Waals surface area contributed by atoms with Crippen LogP contribution < -0.4 is 9.47 Å². The lowest BCUT2D eigenvalue weighted by Gasteiger charge is -2.08. The van der Waals surface area contributed by atoms with E-state index in [4.69, 9.17) is 9.47 Å². The van der Waals surface area contributed by atoms with Gasteiger partial charge in [0.1, 0.15) is 21.6 Å². The SMILES string of the molecule is COc1ccc(C2=C3S/C(=N/C#N)C(c4ccc(OC)cc4)=C3S/C2=N/C#N)cc1. The van der Waals surface area contributed by atoms with Crippen molar-refractivity contribution >= 4 is 44.8 Å². The molecule has 8 heteroatoms. The maximum absolute atomic E-state index is 9.22. The summed E-state index contributed by atoms with van der Waals surface area (Å²) in [6, 6.07) is 15.2. The van der Waals surface area contributed by atoms with Crippen LogP contribution in [0.1, 0.15) is 11.1 Å². The summed E-state index contributed by atoms with van der Waals surface area (Å²) in [5, 5.41) is 19.7. The summed E-state index contributed by atoms with van der Waals surface area (Å²) >= 11 is 2.84. The fraction of sp³-hybridized carbons (Fsp3) is 0.0909. The number of ether oxygens (including phenoxy) is 2. The van der Waals surface area contributed by atoms with E-state index in [0.29, 0.717) is 10.1 Å². The van der Waals surface area contributed by atoms with Crippen molar-refractivity contribution < 1.29 is 9.47 Å². The predicted molar refractivity (Wildman–Crippen MR) is 121 cm³/mol. The Hall–Kier alpha value is -3.46. The lowest BCUT2D eigenvalue weighted by Crippen LogP contribution is -1.97. The van der Waals surface area contributed by atoms with Crippen molar-refractivity contribution in [2.24, 2.45) is 9.98 Å². The number of fused-ring (bicyclic) bond motifs is 1. The van der Waals surface area contributed by atoms with Gasteiger partial charge in [0.25, 0.3) is 0 Å². The van der Waals surface area contributed by atoms with E-state index >= 15 is 0 Å². The first kappa shape index (κ1) is 19.8. The Morgan fingerprint density at radius 1 is 0.667 bits per heavy atom. The van der Waals surface area contributed by atoms with E-state index in [1.807, 2.05) is 60.9 Å². The van der Waals surface area contributed by atoms with Crippen LogP contribution in [0.4, 0.5) is 0 Å². The molecule has 2 aromatic rings. The lowest BCUT2D eigenvalue weighted by molar-refractivity contribution is 0.414. The molecule has 0 radical (unpaired) electrons. The molecule has 2 aliphatic rings. The zero-order chi connectivity index (χ0) is 21.1.